The first-order valence-corrected chi connectivity index (χ1v) is 1.75. The van der Waals surface area contributed by atoms with E-state index in [-0.39, 0.29) is 43.5 Å². The van der Waals surface area contributed by atoms with Crippen molar-refractivity contribution in [3.8, 4) is 0 Å². The number of carbonyl (C=O) groups is 1. The number of hydrogen-bond donors (Lipinski definition) is 2. The Morgan fingerprint density at radius 3 is 2.11 bits per heavy atom. The molecule has 50 valence electrons. The molecule has 0 bridgehead atoms. The third-order valence-electron chi connectivity index (χ3n) is 0.499. The Balaban J connectivity index is -0.000000180. The van der Waals surface area contributed by atoms with Gasteiger partial charge in [-0.25, -0.2) is 0 Å². The smallest absolute Gasteiger partial charge is 1.00 e. The predicted octanol–water partition coefficient (Wildman–Crippen LogP) is -5.94. The zero-order chi connectivity index (χ0) is 5.86. The molecule has 0 spiro atoms. The van der Waals surface area contributed by atoms with Gasteiger partial charge in [0.15, 0.2) is 0 Å². The molecule has 0 aromatic heterocycles. The fraction of sp³-hybridized carbons (Fsp3) is 0.667. The zero-order valence-electron chi connectivity index (χ0n) is 4.71. The van der Waals surface area contributed by atoms with E-state index in [1.807, 2.05) is 0 Å². The Bertz CT molecular complexity index is 81.5. The quantitative estimate of drug-likeness (QED) is 0.392. The van der Waals surface area contributed by atoms with Crippen LogP contribution in [-0.2, 0) is 24.3 Å². The van der Waals surface area contributed by atoms with Gasteiger partial charge in [0, 0.05) is 0 Å². The molecule has 3 N–H and O–H groups in total. The van der Waals surface area contributed by atoms with Gasteiger partial charge in [0.2, 0.25) is 0 Å². The normalized spacial score (nSPS) is 10.4. The van der Waals surface area contributed by atoms with Gasteiger partial charge in [0.05, 0.1) is 18.6 Å². The maximum Gasteiger partial charge on any atom is 2.00 e. The van der Waals surface area contributed by atoms with Crippen molar-refractivity contribution in [2.75, 3.05) is 6.61 Å². The number of rotatable bonds is 2. The van der Waals surface area contributed by atoms with Gasteiger partial charge in [-0.2, -0.15) is 0 Å². The molecular weight excluding hydrogens is 290 g/mol. The number of nitrogens with two attached hydrogens (primary N) is 1. The molecule has 0 radical (unpaired) electrons. The van der Waals surface area contributed by atoms with Gasteiger partial charge < -0.3 is 44.7 Å². The summed E-state index contributed by atoms with van der Waals surface area (Å²) in [4.78, 5) is 9.53. The van der Waals surface area contributed by atoms with Gasteiger partial charge >= 0.3 is 19.5 Å². The summed E-state index contributed by atoms with van der Waals surface area (Å²) in [7, 11) is 0. The number of aliphatic carboxylic acids is 1. The van der Waals surface area contributed by atoms with Gasteiger partial charge in [0.25, 0.3) is 0 Å². The first kappa shape index (κ1) is 16.4. The molecule has 0 saturated carbocycles. The van der Waals surface area contributed by atoms with Crippen LogP contribution in [0, 0.1) is 0 Å². The summed E-state index contributed by atoms with van der Waals surface area (Å²) < 4.78 is 0. The maximum atomic E-state index is 9.53. The summed E-state index contributed by atoms with van der Waals surface area (Å²) in [5, 5.41) is 17.5. The van der Waals surface area contributed by atoms with Crippen molar-refractivity contribution in [3.63, 3.8) is 0 Å². The molecule has 0 aliphatic rings. The third kappa shape index (κ3) is 8.74. The second-order valence-corrected chi connectivity index (χ2v) is 1.11. The summed E-state index contributed by atoms with van der Waals surface area (Å²) in [6.45, 7) is -0.567. The van der Waals surface area contributed by atoms with Crippen LogP contribution in [0.1, 0.15) is 0 Å². The van der Waals surface area contributed by atoms with E-state index in [1.165, 1.54) is 0 Å². The molecule has 0 aromatic carbocycles. The third-order valence-corrected chi connectivity index (χ3v) is 0.499. The fourth-order valence-corrected chi connectivity index (χ4v) is 0.0745. The van der Waals surface area contributed by atoms with Crippen LogP contribution < -0.4 is 34.8 Å². The van der Waals surface area contributed by atoms with E-state index < -0.39 is 18.6 Å². The summed E-state index contributed by atoms with van der Waals surface area (Å²) in [6.07, 6.45) is 0. The summed E-state index contributed by atoms with van der Waals surface area (Å²) in [6, 6.07) is -1.24. The van der Waals surface area contributed by atoms with Crippen LogP contribution in [0.5, 0.6) is 0 Å². The van der Waals surface area contributed by atoms with Crippen LogP contribution in [0.4, 0.5) is 0 Å². The van der Waals surface area contributed by atoms with Crippen LogP contribution in [0.15, 0.2) is 0 Å². The Hall–Kier alpha value is 0.743. The first-order chi connectivity index (χ1) is 3.18. The minimum atomic E-state index is -1.43. The second-order valence-electron chi connectivity index (χ2n) is 1.11. The fourth-order valence-electron chi connectivity index (χ4n) is 0.0745. The minimum Gasteiger partial charge on any atom is -1.00 e. The van der Waals surface area contributed by atoms with Gasteiger partial charge in [-0.1, -0.05) is 0 Å². The molecule has 0 saturated heterocycles. The van der Waals surface area contributed by atoms with Crippen LogP contribution in [0.2, 0.25) is 0 Å². The van der Waals surface area contributed by atoms with Crippen LogP contribution in [-0.4, -0.2) is 23.7 Å². The monoisotopic (exact) mass is 295 g/mol. The molecule has 0 unspecified atom stereocenters. The van der Waals surface area contributed by atoms with E-state index in [2.05, 4.69) is 0 Å². The molecule has 6 heteroatoms. The van der Waals surface area contributed by atoms with Crippen LogP contribution >= 0.6 is 0 Å². The van der Waals surface area contributed by atoms with E-state index in [4.69, 9.17) is 10.8 Å². The second kappa shape index (κ2) is 8.74. The predicted molar refractivity (Wildman–Crippen MR) is 20.1 cm³/mol. The number of hydrogen-bond acceptors (Lipinski definition) is 4. The molecule has 9 heavy (non-hydrogen) atoms. The van der Waals surface area contributed by atoms with Gasteiger partial charge in [-0.15, -0.1) is 0 Å². The Morgan fingerprint density at radius 2 is 2.11 bits per heavy atom. The van der Waals surface area contributed by atoms with Crippen molar-refractivity contribution in [2.24, 2.45) is 5.73 Å². The maximum absolute atomic E-state index is 9.53. The SMILES string of the molecule is N[C@@H](CO)C(=O)[O-].[I-].[Zn+2]. The van der Waals surface area contributed by atoms with Crippen molar-refractivity contribution < 1.29 is 58.5 Å². The molecule has 0 heterocycles. The van der Waals surface area contributed by atoms with E-state index in [0.717, 1.165) is 0 Å². The number of carboxylic acid groups (broad SMARTS) is 1. The van der Waals surface area contributed by atoms with E-state index >= 15 is 0 Å². The molecule has 0 aromatic rings. The van der Waals surface area contributed by atoms with Crippen LogP contribution in [0.25, 0.3) is 0 Å². The molecule has 0 aliphatic carbocycles. The minimum absolute atomic E-state index is 0. The number of carboxylic acids is 1. The largest absolute Gasteiger partial charge is 2.00 e. The Labute approximate surface area is 82.6 Å². The number of carbonyl (C=O) groups excluding carboxylic acids is 1. The first-order valence-electron chi connectivity index (χ1n) is 1.75. The average molecular weight is 296 g/mol. The van der Waals surface area contributed by atoms with Crippen molar-refractivity contribution in [2.45, 2.75) is 6.04 Å². The molecule has 0 rings (SSSR count). The van der Waals surface area contributed by atoms with Crippen molar-refractivity contribution >= 4 is 5.97 Å². The Morgan fingerprint density at radius 1 is 1.78 bits per heavy atom. The molecule has 0 aliphatic heterocycles. The summed E-state index contributed by atoms with van der Waals surface area (Å²) >= 11 is 0. The molecule has 1 atom stereocenters. The number of halogens is 1. The summed E-state index contributed by atoms with van der Waals surface area (Å²) in [5.41, 5.74) is 4.70. The molecular formula is C3H6INO3Zn. The zero-order valence-corrected chi connectivity index (χ0v) is 9.84. The number of aliphatic hydroxyl groups is 1. The van der Waals surface area contributed by atoms with Gasteiger partial charge in [0.1, 0.15) is 0 Å². The van der Waals surface area contributed by atoms with Crippen molar-refractivity contribution in [3.05, 3.63) is 0 Å². The van der Waals surface area contributed by atoms with E-state index in [0.29, 0.717) is 0 Å². The van der Waals surface area contributed by atoms with Crippen molar-refractivity contribution in [1.82, 2.24) is 0 Å². The number of aliphatic hydroxyl groups excluding tert-OH is 1. The van der Waals surface area contributed by atoms with Crippen molar-refractivity contribution in [1.29, 1.82) is 0 Å². The van der Waals surface area contributed by atoms with Gasteiger partial charge in [-0.05, 0) is 0 Å². The molecule has 0 fully saturated rings. The van der Waals surface area contributed by atoms with Crippen LogP contribution in [0.3, 0.4) is 0 Å². The van der Waals surface area contributed by atoms with Gasteiger partial charge in [-0.3, -0.25) is 0 Å². The van der Waals surface area contributed by atoms with E-state index in [1.54, 1.807) is 0 Å². The summed E-state index contributed by atoms with van der Waals surface area (Å²) in [5.74, 6) is -1.43. The molecule has 0 amide bonds. The molecule has 4 nitrogen and oxygen atoms in total. The van der Waals surface area contributed by atoms with E-state index in [9.17, 15) is 9.90 Å². The average Bonchev–Trinajstić information content (AvgIpc) is 1.65. The standard InChI is InChI=1S/C3H7NO3.HI.Zn/c4-2(1-5)3(6)7;;/h2,5H,1,4H2,(H,6,7);1H;/q;;+2/p-2/t2-;;/m0../s1. The Kier molecular flexibility index (Phi) is 15.9. The topological polar surface area (TPSA) is 86.4 Å².